The molecule has 0 aromatic heterocycles. The van der Waals surface area contributed by atoms with Crippen LogP contribution in [0.1, 0.15) is 18.4 Å². The molecule has 8 N–H and O–H groups in total. The summed E-state index contributed by atoms with van der Waals surface area (Å²) in [6, 6.07) is 9.39. The Morgan fingerprint density at radius 2 is 1.06 bits per heavy atom. The fourth-order valence-corrected chi connectivity index (χ4v) is 2.88. The first kappa shape index (κ1) is 27.9. The van der Waals surface area contributed by atoms with E-state index < -0.39 is 62.5 Å². The third-order valence-corrected chi connectivity index (χ3v) is 5.18. The van der Waals surface area contributed by atoms with E-state index in [4.69, 9.17) is 0 Å². The lowest BCUT2D eigenvalue weighted by molar-refractivity contribution is -0.126. The molecule has 0 aliphatic heterocycles. The Kier molecular flexibility index (Phi) is 12.3. The Morgan fingerprint density at radius 3 is 1.41 bits per heavy atom. The van der Waals surface area contributed by atoms with Crippen LogP contribution in [0.15, 0.2) is 30.3 Å². The number of rotatable bonds is 16. The number of carbonyl (C=O) groups excluding carboxylic acids is 2. The first-order valence-electron chi connectivity index (χ1n) is 10.3. The number of benzene rings is 1. The second kappa shape index (κ2) is 14.1. The summed E-state index contributed by atoms with van der Waals surface area (Å²) in [5, 5.41) is 61.0. The monoisotopic (exact) mass is 457 g/mol. The molecule has 0 bridgehead atoms. The highest BCUT2D eigenvalue weighted by Gasteiger charge is 2.31. The van der Waals surface area contributed by atoms with Crippen molar-refractivity contribution in [2.45, 2.75) is 30.5 Å². The molecule has 0 heterocycles. The lowest BCUT2D eigenvalue weighted by Gasteiger charge is -2.30. The predicted molar refractivity (Wildman–Crippen MR) is 115 cm³/mol. The lowest BCUT2D eigenvalue weighted by atomic mass is 10.0. The van der Waals surface area contributed by atoms with Gasteiger partial charge < -0.3 is 41.3 Å². The van der Waals surface area contributed by atoms with E-state index in [9.17, 15) is 40.2 Å². The standard InChI is InChI=1S/C21H35N3O8/c25-11-20(12-26,13-27)22-18(31)6-8-24(10-17-4-2-1-3-5-17)9-7-19(32)23-21(14-28,15-29)16-30/h1-5,25-30H,6-16H2,(H,22,31)(H,23,32). The van der Waals surface area contributed by atoms with Gasteiger partial charge in [0.15, 0.2) is 0 Å². The smallest absolute Gasteiger partial charge is 0.221 e. The Hall–Kier alpha value is -2.12. The highest BCUT2D eigenvalue weighted by molar-refractivity contribution is 5.77. The average Bonchev–Trinajstić information content (AvgIpc) is 2.83. The van der Waals surface area contributed by atoms with Gasteiger partial charge in [-0.05, 0) is 5.56 Å². The first-order chi connectivity index (χ1) is 15.3. The maximum absolute atomic E-state index is 12.3. The minimum absolute atomic E-state index is 0.00986. The minimum atomic E-state index is -1.51. The van der Waals surface area contributed by atoms with E-state index in [1.165, 1.54) is 0 Å². The molecule has 0 unspecified atom stereocenters. The van der Waals surface area contributed by atoms with Crippen molar-refractivity contribution in [3.63, 3.8) is 0 Å². The summed E-state index contributed by atoms with van der Waals surface area (Å²) < 4.78 is 0. The third-order valence-electron chi connectivity index (χ3n) is 5.18. The largest absolute Gasteiger partial charge is 0.394 e. The Labute approximate surface area is 187 Å². The summed E-state index contributed by atoms with van der Waals surface area (Å²) in [6.07, 6.45) is -0.0197. The van der Waals surface area contributed by atoms with Crippen LogP contribution in [0.3, 0.4) is 0 Å². The zero-order valence-electron chi connectivity index (χ0n) is 18.1. The van der Waals surface area contributed by atoms with E-state index in [0.29, 0.717) is 6.54 Å². The molecule has 32 heavy (non-hydrogen) atoms. The summed E-state index contributed by atoms with van der Waals surface area (Å²) >= 11 is 0. The van der Waals surface area contributed by atoms with Gasteiger partial charge >= 0.3 is 0 Å². The second-order valence-corrected chi connectivity index (χ2v) is 7.87. The molecule has 0 spiro atoms. The normalized spacial score (nSPS) is 12.1. The number of hydrogen-bond acceptors (Lipinski definition) is 9. The van der Waals surface area contributed by atoms with Crippen LogP contribution in [-0.2, 0) is 16.1 Å². The second-order valence-electron chi connectivity index (χ2n) is 7.87. The molecule has 11 nitrogen and oxygen atoms in total. The number of hydrogen-bond donors (Lipinski definition) is 8. The molecule has 0 saturated carbocycles. The highest BCUT2D eigenvalue weighted by Crippen LogP contribution is 2.09. The fourth-order valence-electron chi connectivity index (χ4n) is 2.88. The van der Waals surface area contributed by atoms with Gasteiger partial charge in [-0.3, -0.25) is 14.5 Å². The van der Waals surface area contributed by atoms with Crippen molar-refractivity contribution in [2.24, 2.45) is 0 Å². The predicted octanol–water partition coefficient (Wildman–Crippen LogP) is -3.07. The molecule has 182 valence electrons. The summed E-state index contributed by atoms with van der Waals surface area (Å²) in [5.74, 6) is -0.964. The van der Waals surface area contributed by atoms with E-state index in [1.807, 2.05) is 35.2 Å². The molecule has 1 aromatic rings. The first-order valence-corrected chi connectivity index (χ1v) is 10.3. The van der Waals surface area contributed by atoms with Gasteiger partial charge in [0.05, 0.1) is 39.6 Å². The van der Waals surface area contributed by atoms with Crippen LogP contribution in [0.5, 0.6) is 0 Å². The SMILES string of the molecule is O=C(CCN(CCC(=O)NC(CO)(CO)CO)Cc1ccccc1)NC(CO)(CO)CO. The van der Waals surface area contributed by atoms with Gasteiger partial charge in [-0.25, -0.2) is 0 Å². The van der Waals surface area contributed by atoms with Crippen molar-refractivity contribution in [1.29, 1.82) is 0 Å². The van der Waals surface area contributed by atoms with Crippen molar-refractivity contribution in [3.05, 3.63) is 35.9 Å². The third kappa shape index (κ3) is 8.79. The molecule has 0 aliphatic rings. The molecule has 0 fully saturated rings. The van der Waals surface area contributed by atoms with E-state index in [1.54, 1.807) is 0 Å². The molecule has 0 atom stereocenters. The zero-order chi connectivity index (χ0) is 24.0. The van der Waals surface area contributed by atoms with Crippen LogP contribution in [0.25, 0.3) is 0 Å². The number of aliphatic hydroxyl groups excluding tert-OH is 6. The van der Waals surface area contributed by atoms with Gasteiger partial charge in [-0.15, -0.1) is 0 Å². The molecule has 2 amide bonds. The lowest BCUT2D eigenvalue weighted by Crippen LogP contribution is -2.57. The maximum Gasteiger partial charge on any atom is 0.221 e. The van der Waals surface area contributed by atoms with Crippen LogP contribution in [0, 0.1) is 0 Å². The molecule has 0 aliphatic carbocycles. The number of carbonyl (C=O) groups is 2. The quantitative estimate of drug-likeness (QED) is 0.128. The number of amides is 2. The van der Waals surface area contributed by atoms with Gasteiger partial charge in [-0.2, -0.15) is 0 Å². The van der Waals surface area contributed by atoms with Crippen molar-refractivity contribution in [3.8, 4) is 0 Å². The van der Waals surface area contributed by atoms with Crippen LogP contribution in [0.4, 0.5) is 0 Å². The van der Waals surface area contributed by atoms with E-state index >= 15 is 0 Å². The van der Waals surface area contributed by atoms with Crippen molar-refractivity contribution in [1.82, 2.24) is 15.5 Å². The maximum atomic E-state index is 12.3. The molecule has 11 heteroatoms. The van der Waals surface area contributed by atoms with Crippen molar-refractivity contribution < 1.29 is 40.2 Å². The minimum Gasteiger partial charge on any atom is -0.394 e. The van der Waals surface area contributed by atoms with Crippen LogP contribution < -0.4 is 10.6 Å². The summed E-state index contributed by atoms with van der Waals surface area (Å²) in [6.45, 7) is -2.80. The van der Waals surface area contributed by atoms with Gasteiger partial charge in [0.25, 0.3) is 0 Å². The average molecular weight is 458 g/mol. The van der Waals surface area contributed by atoms with Crippen LogP contribution >= 0.6 is 0 Å². The van der Waals surface area contributed by atoms with Gasteiger partial charge in [-0.1, -0.05) is 30.3 Å². The fraction of sp³-hybridized carbons (Fsp3) is 0.619. The van der Waals surface area contributed by atoms with Gasteiger partial charge in [0, 0.05) is 32.5 Å². The summed E-state index contributed by atoms with van der Waals surface area (Å²) in [4.78, 5) is 26.5. The molecule has 0 radical (unpaired) electrons. The molecular formula is C21H35N3O8. The molecule has 1 aromatic carbocycles. The Bertz CT molecular complexity index is 626. The number of aliphatic hydroxyl groups is 6. The van der Waals surface area contributed by atoms with Gasteiger partial charge in [0.2, 0.25) is 11.8 Å². The number of nitrogens with one attached hydrogen (secondary N) is 2. The summed E-state index contributed by atoms with van der Waals surface area (Å²) in [5.41, 5.74) is -2.06. The zero-order valence-corrected chi connectivity index (χ0v) is 18.1. The van der Waals surface area contributed by atoms with Crippen LogP contribution in [0.2, 0.25) is 0 Å². The van der Waals surface area contributed by atoms with Crippen LogP contribution in [-0.4, -0.2) is 111 Å². The Balaban J connectivity index is 2.75. The molecule has 1 rings (SSSR count). The summed E-state index contributed by atoms with van der Waals surface area (Å²) in [7, 11) is 0. The van der Waals surface area contributed by atoms with E-state index in [2.05, 4.69) is 10.6 Å². The molecule has 0 saturated heterocycles. The van der Waals surface area contributed by atoms with Gasteiger partial charge in [0.1, 0.15) is 11.1 Å². The van der Waals surface area contributed by atoms with Crippen molar-refractivity contribution in [2.75, 3.05) is 52.7 Å². The highest BCUT2D eigenvalue weighted by atomic mass is 16.3. The topological polar surface area (TPSA) is 183 Å². The van der Waals surface area contributed by atoms with E-state index in [0.717, 1.165) is 5.56 Å². The molecular weight excluding hydrogens is 422 g/mol. The van der Waals surface area contributed by atoms with Crippen molar-refractivity contribution >= 4 is 11.8 Å². The Morgan fingerprint density at radius 1 is 0.688 bits per heavy atom. The number of nitrogens with zero attached hydrogens (tertiary/aromatic N) is 1. The van der Waals surface area contributed by atoms with E-state index in [-0.39, 0.29) is 25.9 Å².